The van der Waals surface area contributed by atoms with Crippen molar-refractivity contribution in [3.63, 3.8) is 0 Å². The third kappa shape index (κ3) is 3.15. The van der Waals surface area contributed by atoms with Gasteiger partial charge in [0.25, 0.3) is 5.91 Å². The highest BCUT2D eigenvalue weighted by Gasteiger charge is 2.17. The predicted molar refractivity (Wildman–Crippen MR) is 86.7 cm³/mol. The van der Waals surface area contributed by atoms with Crippen molar-refractivity contribution in [1.82, 2.24) is 15.0 Å². The third-order valence-electron chi connectivity index (χ3n) is 3.55. The molecule has 118 valence electrons. The van der Waals surface area contributed by atoms with Gasteiger partial charge in [0.05, 0.1) is 23.7 Å². The highest BCUT2D eigenvalue weighted by molar-refractivity contribution is 5.96. The first-order chi connectivity index (χ1) is 11.7. The Bertz CT molecular complexity index is 897. The molecule has 1 amide bonds. The fourth-order valence-electron chi connectivity index (χ4n) is 2.32. The second-order valence-corrected chi connectivity index (χ2v) is 5.23. The normalized spacial score (nSPS) is 10.2. The number of nitrogens with zero attached hydrogens (tertiary/aromatic N) is 4. The first-order valence-corrected chi connectivity index (χ1v) is 7.29. The molecule has 0 aliphatic rings. The molecule has 0 spiro atoms. The van der Waals surface area contributed by atoms with Gasteiger partial charge in [0.1, 0.15) is 5.69 Å². The molecule has 0 unspecified atom stereocenters. The van der Waals surface area contributed by atoms with Crippen LogP contribution >= 0.6 is 0 Å². The fraction of sp³-hybridized carbons (Fsp3) is 0.111. The highest BCUT2D eigenvalue weighted by atomic mass is 16.5. The number of hydrogen-bond donors (Lipinski definition) is 0. The molecule has 0 N–H and O–H groups in total. The number of benzene rings is 1. The van der Waals surface area contributed by atoms with E-state index in [4.69, 9.17) is 9.78 Å². The van der Waals surface area contributed by atoms with E-state index in [1.165, 1.54) is 4.90 Å². The Labute approximate surface area is 139 Å². The summed E-state index contributed by atoms with van der Waals surface area (Å²) in [6, 6.07) is 14.2. The van der Waals surface area contributed by atoms with Crippen LogP contribution in [0.2, 0.25) is 0 Å². The summed E-state index contributed by atoms with van der Waals surface area (Å²) in [6.45, 7) is 0.261. The van der Waals surface area contributed by atoms with Gasteiger partial charge in [-0.2, -0.15) is 5.26 Å². The average Bonchev–Trinajstić information content (AvgIpc) is 3.10. The minimum atomic E-state index is -0.242. The van der Waals surface area contributed by atoms with Crippen LogP contribution in [0, 0.1) is 11.3 Å². The van der Waals surface area contributed by atoms with E-state index in [0.29, 0.717) is 22.6 Å². The Morgan fingerprint density at radius 2 is 2.00 bits per heavy atom. The smallest absolute Gasteiger partial charge is 0.255 e. The summed E-state index contributed by atoms with van der Waals surface area (Å²) in [7, 11) is 1.66. The maximum Gasteiger partial charge on any atom is 0.255 e. The van der Waals surface area contributed by atoms with E-state index in [1.54, 1.807) is 49.8 Å². The van der Waals surface area contributed by atoms with Crippen LogP contribution in [0.15, 0.2) is 59.4 Å². The molecule has 0 bridgehead atoms. The van der Waals surface area contributed by atoms with E-state index >= 15 is 0 Å². The molecule has 0 aliphatic heterocycles. The minimum Gasteiger partial charge on any atom is -0.359 e. The lowest BCUT2D eigenvalue weighted by atomic mass is 10.1. The largest absolute Gasteiger partial charge is 0.359 e. The van der Waals surface area contributed by atoms with Crippen LogP contribution in [0.25, 0.3) is 11.3 Å². The molecule has 0 saturated heterocycles. The molecule has 6 heteroatoms. The number of pyridine rings is 1. The Morgan fingerprint density at radius 1 is 1.25 bits per heavy atom. The van der Waals surface area contributed by atoms with Gasteiger partial charge in [0.15, 0.2) is 5.76 Å². The Morgan fingerprint density at radius 3 is 2.75 bits per heavy atom. The van der Waals surface area contributed by atoms with Gasteiger partial charge in [-0.05, 0) is 24.3 Å². The molecule has 0 saturated carbocycles. The number of carbonyl (C=O) groups excluding carboxylic acids is 1. The molecule has 0 radical (unpaired) electrons. The maximum atomic E-state index is 12.5. The minimum absolute atomic E-state index is 0.242. The summed E-state index contributed by atoms with van der Waals surface area (Å²) in [4.78, 5) is 18.0. The average molecular weight is 318 g/mol. The summed E-state index contributed by atoms with van der Waals surface area (Å²) < 4.78 is 5.30. The molecule has 0 aliphatic carbocycles. The monoisotopic (exact) mass is 318 g/mol. The SMILES string of the molecule is CN(Cc1cc(-c2ccncc2)no1)C(=O)c1ccccc1C#N. The van der Waals surface area contributed by atoms with Crippen molar-refractivity contribution < 1.29 is 9.32 Å². The van der Waals surface area contributed by atoms with Gasteiger partial charge in [-0.25, -0.2) is 0 Å². The van der Waals surface area contributed by atoms with Gasteiger partial charge >= 0.3 is 0 Å². The molecular formula is C18H14N4O2. The molecule has 3 rings (SSSR count). The molecular weight excluding hydrogens is 304 g/mol. The van der Waals surface area contributed by atoms with Crippen molar-refractivity contribution in [2.45, 2.75) is 6.54 Å². The van der Waals surface area contributed by atoms with Crippen molar-refractivity contribution in [2.24, 2.45) is 0 Å². The van der Waals surface area contributed by atoms with Crippen molar-refractivity contribution in [1.29, 1.82) is 5.26 Å². The van der Waals surface area contributed by atoms with Crippen molar-refractivity contribution >= 4 is 5.91 Å². The summed E-state index contributed by atoms with van der Waals surface area (Å²) in [5, 5.41) is 13.1. The van der Waals surface area contributed by atoms with Crippen molar-refractivity contribution in [2.75, 3.05) is 7.05 Å². The molecule has 1 aromatic carbocycles. The molecule has 0 atom stereocenters. The van der Waals surface area contributed by atoms with E-state index < -0.39 is 0 Å². The molecule has 6 nitrogen and oxygen atoms in total. The zero-order chi connectivity index (χ0) is 16.9. The Kier molecular flexibility index (Phi) is 4.34. The number of nitriles is 1. The molecule has 24 heavy (non-hydrogen) atoms. The second-order valence-electron chi connectivity index (χ2n) is 5.23. The summed E-state index contributed by atoms with van der Waals surface area (Å²) in [5.41, 5.74) is 2.30. The Hall–Kier alpha value is -3.46. The van der Waals surface area contributed by atoms with Crippen LogP contribution in [0.3, 0.4) is 0 Å². The zero-order valence-electron chi connectivity index (χ0n) is 13.0. The number of amides is 1. The summed E-state index contributed by atoms with van der Waals surface area (Å²) >= 11 is 0. The predicted octanol–water partition coefficient (Wildman–Crippen LogP) is 2.88. The van der Waals surface area contributed by atoms with E-state index in [-0.39, 0.29) is 12.5 Å². The Balaban J connectivity index is 1.76. The first-order valence-electron chi connectivity index (χ1n) is 7.29. The van der Waals surface area contributed by atoms with Crippen LogP contribution in [0.4, 0.5) is 0 Å². The third-order valence-corrected chi connectivity index (χ3v) is 3.55. The van der Waals surface area contributed by atoms with Crippen LogP contribution in [0.5, 0.6) is 0 Å². The van der Waals surface area contributed by atoms with Gasteiger partial charge in [-0.1, -0.05) is 17.3 Å². The zero-order valence-corrected chi connectivity index (χ0v) is 13.0. The van der Waals surface area contributed by atoms with Gasteiger partial charge in [0, 0.05) is 31.1 Å². The van der Waals surface area contributed by atoms with Crippen LogP contribution in [-0.4, -0.2) is 28.0 Å². The standard InChI is InChI=1S/C18H14N4O2/c1-22(18(23)16-5-3-2-4-14(16)11-19)12-15-10-17(21-24-15)13-6-8-20-9-7-13/h2-10H,12H2,1H3. The number of carbonyl (C=O) groups is 1. The number of aromatic nitrogens is 2. The highest BCUT2D eigenvalue weighted by Crippen LogP contribution is 2.19. The maximum absolute atomic E-state index is 12.5. The van der Waals surface area contributed by atoms with Crippen molar-refractivity contribution in [3.05, 3.63) is 71.7 Å². The van der Waals surface area contributed by atoms with Crippen molar-refractivity contribution in [3.8, 4) is 17.3 Å². The molecule has 0 fully saturated rings. The first kappa shape index (κ1) is 15.4. The number of rotatable bonds is 4. The summed E-state index contributed by atoms with van der Waals surface area (Å²) in [5.74, 6) is 0.320. The van der Waals surface area contributed by atoms with Crippen LogP contribution in [-0.2, 0) is 6.54 Å². The van der Waals surface area contributed by atoms with E-state index in [2.05, 4.69) is 10.1 Å². The van der Waals surface area contributed by atoms with Gasteiger partial charge in [0.2, 0.25) is 0 Å². The summed E-state index contributed by atoms with van der Waals surface area (Å²) in [6.07, 6.45) is 3.36. The van der Waals surface area contributed by atoms with Gasteiger partial charge in [-0.15, -0.1) is 0 Å². The van der Waals surface area contributed by atoms with E-state index in [1.807, 2.05) is 18.2 Å². The lowest BCUT2D eigenvalue weighted by molar-refractivity contribution is 0.0772. The van der Waals surface area contributed by atoms with E-state index in [9.17, 15) is 4.79 Å². The molecule has 2 aromatic heterocycles. The quantitative estimate of drug-likeness (QED) is 0.738. The number of hydrogen-bond acceptors (Lipinski definition) is 5. The second kappa shape index (κ2) is 6.75. The van der Waals surface area contributed by atoms with Gasteiger partial charge < -0.3 is 9.42 Å². The lowest BCUT2D eigenvalue weighted by Gasteiger charge is -2.15. The van der Waals surface area contributed by atoms with Crippen LogP contribution < -0.4 is 0 Å². The lowest BCUT2D eigenvalue weighted by Crippen LogP contribution is -2.26. The fourth-order valence-corrected chi connectivity index (χ4v) is 2.32. The van der Waals surface area contributed by atoms with E-state index in [0.717, 1.165) is 5.56 Å². The molecule has 2 heterocycles. The molecule has 3 aromatic rings. The topological polar surface area (TPSA) is 83.0 Å². The van der Waals surface area contributed by atoms with Crippen LogP contribution in [0.1, 0.15) is 21.7 Å². The van der Waals surface area contributed by atoms with Gasteiger partial charge in [-0.3, -0.25) is 9.78 Å².